The molecule has 4 rings (SSSR count). The van der Waals surface area contributed by atoms with Gasteiger partial charge in [-0.05, 0) is 31.2 Å². The van der Waals surface area contributed by atoms with E-state index in [9.17, 15) is 19.2 Å². The average Bonchev–Trinajstić information content (AvgIpc) is 3.28. The lowest BCUT2D eigenvalue weighted by Gasteiger charge is -2.11. The van der Waals surface area contributed by atoms with Crippen LogP contribution in [0.5, 0.6) is 0 Å². The first-order valence-corrected chi connectivity index (χ1v) is 10.5. The standard InChI is InChI=1S/C22H17N3O7S/c1-4-32-20(27)13-9-11(25-18(22(29)31-3)17(23-24-25)21(28)30-2)10-15-16(13)19(26)12-7-5-6-8-14(12)33-15/h5-10H,4H2,1-3H3. The van der Waals surface area contributed by atoms with Gasteiger partial charge in [-0.15, -0.1) is 16.4 Å². The van der Waals surface area contributed by atoms with Gasteiger partial charge in [0.2, 0.25) is 5.69 Å². The molecule has 0 bridgehead atoms. The van der Waals surface area contributed by atoms with Gasteiger partial charge in [0, 0.05) is 14.8 Å². The molecule has 0 fully saturated rings. The Bertz CT molecular complexity index is 1490. The first kappa shape index (κ1) is 22.1. The van der Waals surface area contributed by atoms with Gasteiger partial charge in [-0.2, -0.15) is 0 Å². The summed E-state index contributed by atoms with van der Waals surface area (Å²) in [4.78, 5) is 50.6. The molecule has 0 aliphatic carbocycles. The number of aromatic nitrogens is 3. The van der Waals surface area contributed by atoms with Crippen LogP contribution < -0.4 is 5.43 Å². The van der Waals surface area contributed by atoms with E-state index in [2.05, 4.69) is 15.0 Å². The smallest absolute Gasteiger partial charge is 0.361 e. The lowest BCUT2D eigenvalue weighted by Crippen LogP contribution is -2.17. The third kappa shape index (κ3) is 3.72. The van der Waals surface area contributed by atoms with Crippen molar-refractivity contribution >= 4 is 49.4 Å². The van der Waals surface area contributed by atoms with Crippen LogP contribution in [-0.2, 0) is 14.2 Å². The number of hydrogen-bond donors (Lipinski definition) is 0. The molecule has 0 spiro atoms. The van der Waals surface area contributed by atoms with Crippen LogP contribution in [0.15, 0.2) is 41.2 Å². The van der Waals surface area contributed by atoms with Gasteiger partial charge in [-0.25, -0.2) is 19.1 Å². The van der Waals surface area contributed by atoms with Crippen molar-refractivity contribution in [2.45, 2.75) is 6.92 Å². The topological polar surface area (TPSA) is 127 Å². The molecule has 0 unspecified atom stereocenters. The molecule has 0 aliphatic heterocycles. The summed E-state index contributed by atoms with van der Waals surface area (Å²) in [5.41, 5.74) is -0.752. The number of nitrogens with zero attached hydrogens (tertiary/aromatic N) is 3. The molecular formula is C22H17N3O7S. The number of rotatable bonds is 5. The summed E-state index contributed by atoms with van der Waals surface area (Å²) < 4.78 is 16.9. The van der Waals surface area contributed by atoms with Crippen LogP contribution in [0.4, 0.5) is 0 Å². The summed E-state index contributed by atoms with van der Waals surface area (Å²) >= 11 is 1.28. The van der Waals surface area contributed by atoms with Gasteiger partial charge < -0.3 is 14.2 Å². The van der Waals surface area contributed by atoms with Gasteiger partial charge in [0.1, 0.15) is 0 Å². The third-order valence-electron chi connectivity index (χ3n) is 4.83. The quantitative estimate of drug-likeness (QED) is 0.247. The molecule has 0 aliphatic rings. The fraction of sp³-hybridized carbons (Fsp3) is 0.182. The Kier molecular flexibility index (Phi) is 5.88. The highest BCUT2D eigenvalue weighted by Gasteiger charge is 2.29. The van der Waals surface area contributed by atoms with Crippen LogP contribution in [0.3, 0.4) is 0 Å². The molecule has 0 saturated heterocycles. The van der Waals surface area contributed by atoms with Crippen molar-refractivity contribution in [2.24, 2.45) is 0 Å². The first-order chi connectivity index (χ1) is 15.9. The van der Waals surface area contributed by atoms with Gasteiger partial charge in [0.05, 0.1) is 37.5 Å². The maximum Gasteiger partial charge on any atom is 0.361 e. The van der Waals surface area contributed by atoms with Crippen LogP contribution in [0.1, 0.15) is 38.3 Å². The minimum atomic E-state index is -0.885. The zero-order valence-electron chi connectivity index (χ0n) is 17.8. The minimum absolute atomic E-state index is 0.00212. The second-order valence-corrected chi connectivity index (χ2v) is 7.78. The maximum absolute atomic E-state index is 13.2. The van der Waals surface area contributed by atoms with Crippen molar-refractivity contribution in [1.82, 2.24) is 15.0 Å². The molecule has 2 aromatic carbocycles. The molecule has 2 heterocycles. The zero-order chi connectivity index (χ0) is 23.7. The Hall–Kier alpha value is -4.12. The monoisotopic (exact) mass is 467 g/mol. The molecule has 11 heteroatoms. The normalized spacial score (nSPS) is 10.9. The van der Waals surface area contributed by atoms with Crippen LogP contribution >= 0.6 is 11.3 Å². The van der Waals surface area contributed by atoms with Crippen molar-refractivity contribution in [2.75, 3.05) is 20.8 Å². The molecule has 0 N–H and O–H groups in total. The second-order valence-electron chi connectivity index (χ2n) is 6.70. The van der Waals surface area contributed by atoms with E-state index in [0.29, 0.717) is 14.8 Å². The summed E-state index contributed by atoms with van der Waals surface area (Å²) in [7, 11) is 2.28. The predicted octanol–water partition coefficient (Wildman–Crippen LogP) is 2.75. The minimum Gasteiger partial charge on any atom is -0.464 e. The fourth-order valence-corrected chi connectivity index (χ4v) is 4.52. The molecular weight excluding hydrogens is 450 g/mol. The predicted molar refractivity (Wildman–Crippen MR) is 119 cm³/mol. The third-order valence-corrected chi connectivity index (χ3v) is 5.95. The first-order valence-electron chi connectivity index (χ1n) is 9.70. The molecule has 2 aromatic heterocycles. The summed E-state index contributed by atoms with van der Waals surface area (Å²) in [6, 6.07) is 9.97. The molecule has 33 heavy (non-hydrogen) atoms. The van der Waals surface area contributed by atoms with E-state index >= 15 is 0 Å². The lowest BCUT2D eigenvalue weighted by atomic mass is 10.1. The van der Waals surface area contributed by atoms with Gasteiger partial charge in [0.15, 0.2) is 11.1 Å². The van der Waals surface area contributed by atoms with E-state index in [1.807, 2.05) is 0 Å². The number of fused-ring (bicyclic) bond motifs is 2. The number of esters is 3. The van der Waals surface area contributed by atoms with Crippen molar-refractivity contribution in [3.05, 3.63) is 63.6 Å². The maximum atomic E-state index is 13.2. The summed E-state index contributed by atoms with van der Waals surface area (Å²) in [6.07, 6.45) is 0. The van der Waals surface area contributed by atoms with E-state index in [-0.39, 0.29) is 40.1 Å². The number of benzene rings is 2. The van der Waals surface area contributed by atoms with Crippen molar-refractivity contribution in [3.63, 3.8) is 0 Å². The highest BCUT2D eigenvalue weighted by atomic mass is 32.1. The summed E-state index contributed by atoms with van der Waals surface area (Å²) in [5.74, 6) is -2.48. The number of ether oxygens (including phenoxy) is 3. The van der Waals surface area contributed by atoms with Crippen molar-refractivity contribution in [1.29, 1.82) is 0 Å². The van der Waals surface area contributed by atoms with E-state index in [1.54, 1.807) is 37.3 Å². The molecule has 0 radical (unpaired) electrons. The van der Waals surface area contributed by atoms with Gasteiger partial charge in [-0.3, -0.25) is 4.79 Å². The highest BCUT2D eigenvalue weighted by Crippen LogP contribution is 2.30. The van der Waals surface area contributed by atoms with E-state index in [4.69, 9.17) is 9.47 Å². The molecule has 168 valence electrons. The number of carbonyl (C=O) groups excluding carboxylic acids is 3. The molecule has 0 saturated carbocycles. The van der Waals surface area contributed by atoms with Gasteiger partial charge >= 0.3 is 17.9 Å². The average molecular weight is 467 g/mol. The van der Waals surface area contributed by atoms with Crippen molar-refractivity contribution in [3.8, 4) is 5.69 Å². The Morgan fingerprint density at radius 3 is 2.42 bits per heavy atom. The fourth-order valence-electron chi connectivity index (χ4n) is 3.38. The summed E-state index contributed by atoms with van der Waals surface area (Å²) in [6.45, 7) is 1.74. The van der Waals surface area contributed by atoms with Crippen LogP contribution in [0, 0.1) is 0 Å². The van der Waals surface area contributed by atoms with Gasteiger partial charge in [0.25, 0.3) is 0 Å². The van der Waals surface area contributed by atoms with Crippen molar-refractivity contribution < 1.29 is 28.6 Å². The molecule has 4 aromatic rings. The van der Waals surface area contributed by atoms with E-state index in [0.717, 1.165) is 18.9 Å². The number of carbonyl (C=O) groups is 3. The Morgan fingerprint density at radius 1 is 1.00 bits per heavy atom. The second kappa shape index (κ2) is 8.79. The largest absolute Gasteiger partial charge is 0.464 e. The molecule has 10 nitrogen and oxygen atoms in total. The Morgan fingerprint density at radius 2 is 1.73 bits per heavy atom. The van der Waals surface area contributed by atoms with Crippen LogP contribution in [0.25, 0.3) is 25.9 Å². The van der Waals surface area contributed by atoms with Gasteiger partial charge in [-0.1, -0.05) is 17.3 Å². The Balaban J connectivity index is 2.08. The molecule has 0 amide bonds. The number of hydrogen-bond acceptors (Lipinski definition) is 10. The lowest BCUT2D eigenvalue weighted by molar-refractivity contribution is 0.0527. The van der Waals surface area contributed by atoms with Crippen LogP contribution in [-0.4, -0.2) is 53.7 Å². The van der Waals surface area contributed by atoms with Crippen LogP contribution in [0.2, 0.25) is 0 Å². The Labute approximate surface area is 190 Å². The number of methoxy groups -OCH3 is 2. The van der Waals surface area contributed by atoms with E-state index < -0.39 is 17.9 Å². The zero-order valence-corrected chi connectivity index (χ0v) is 18.6. The summed E-state index contributed by atoms with van der Waals surface area (Å²) in [5, 5.41) is 8.31. The molecule has 0 atom stereocenters. The highest BCUT2D eigenvalue weighted by molar-refractivity contribution is 7.24. The van der Waals surface area contributed by atoms with E-state index in [1.165, 1.54) is 17.4 Å². The SMILES string of the molecule is CCOC(=O)c1cc(-n2nnc(C(=O)OC)c2C(=O)OC)cc2sc3ccccc3c(=O)c12.